The van der Waals surface area contributed by atoms with Crippen molar-refractivity contribution in [3.05, 3.63) is 266 Å². The van der Waals surface area contributed by atoms with Gasteiger partial charge in [0.15, 0.2) is 0 Å². The van der Waals surface area contributed by atoms with Crippen LogP contribution in [0.15, 0.2) is 265 Å². The molecule has 13 aromatic rings. The summed E-state index contributed by atoms with van der Waals surface area (Å²) in [7, 11) is 0. The lowest BCUT2D eigenvalue weighted by Crippen LogP contribution is -2.10. The summed E-state index contributed by atoms with van der Waals surface area (Å²) in [6, 6.07) is 95.1. The van der Waals surface area contributed by atoms with E-state index >= 15 is 0 Å². The van der Waals surface area contributed by atoms with E-state index in [1.807, 2.05) is 36.4 Å². The first-order valence-electron chi connectivity index (χ1n) is 23.9. The molecule has 0 aliphatic rings. The van der Waals surface area contributed by atoms with E-state index < -0.39 is 0 Å². The van der Waals surface area contributed by atoms with Gasteiger partial charge in [0.05, 0.1) is 22.7 Å². The number of furan rings is 1. The van der Waals surface area contributed by atoms with E-state index in [0.29, 0.717) is 5.56 Å². The summed E-state index contributed by atoms with van der Waals surface area (Å²) in [5.41, 5.74) is 20.0. The van der Waals surface area contributed by atoms with Gasteiger partial charge in [-0.15, -0.1) is 0 Å². The molecular weight excluding hydrogens is 863 g/mol. The average Bonchev–Trinajstić information content (AvgIpc) is 3.99. The summed E-state index contributed by atoms with van der Waals surface area (Å²) in [5, 5.41) is 14.0. The van der Waals surface area contributed by atoms with E-state index in [-0.39, 0.29) is 0 Å². The zero-order chi connectivity index (χ0) is 47.3. The Labute approximate surface area is 411 Å². The standard InChI is InChI=1S/C67H43N3O/c68-44-45-22-24-48(25-23-45)50-28-34-57(35-29-50)70-64-20-9-7-18-60(64)61-36-30-52(42-65(61)70)54-38-55(53-31-37-63-62-19-8-10-21-66(62)71-67(63)43-53)41-59(40-54)69(56-32-26-49(27-33-56)46-12-3-1-4-13-46)58-17-11-16-51(39-58)47-14-5-2-6-15-47/h1-43H. The van der Waals surface area contributed by atoms with Crippen LogP contribution in [0.2, 0.25) is 0 Å². The summed E-state index contributed by atoms with van der Waals surface area (Å²) in [6.45, 7) is 0. The van der Waals surface area contributed by atoms with Gasteiger partial charge >= 0.3 is 0 Å². The molecular formula is C67H43N3O. The van der Waals surface area contributed by atoms with Crippen LogP contribution in [0.1, 0.15) is 5.56 Å². The van der Waals surface area contributed by atoms with Crippen LogP contribution < -0.4 is 4.90 Å². The highest BCUT2D eigenvalue weighted by molar-refractivity contribution is 6.10. The highest BCUT2D eigenvalue weighted by Gasteiger charge is 2.20. The van der Waals surface area contributed by atoms with Gasteiger partial charge in [0.1, 0.15) is 11.2 Å². The number of benzene rings is 11. The Morgan fingerprint density at radius 3 is 1.51 bits per heavy atom. The van der Waals surface area contributed by atoms with E-state index in [4.69, 9.17) is 4.42 Å². The number of hydrogen-bond acceptors (Lipinski definition) is 3. The van der Waals surface area contributed by atoms with E-state index in [1.165, 1.54) is 16.3 Å². The molecule has 71 heavy (non-hydrogen) atoms. The molecule has 0 bridgehead atoms. The van der Waals surface area contributed by atoms with Gasteiger partial charge < -0.3 is 13.9 Å². The molecule has 0 amide bonds. The first-order chi connectivity index (χ1) is 35.1. The van der Waals surface area contributed by atoms with Crippen LogP contribution in [0.5, 0.6) is 0 Å². The Morgan fingerprint density at radius 1 is 0.310 bits per heavy atom. The number of fused-ring (bicyclic) bond motifs is 6. The van der Waals surface area contributed by atoms with Crippen molar-refractivity contribution in [2.24, 2.45) is 0 Å². The van der Waals surface area contributed by atoms with Crippen molar-refractivity contribution < 1.29 is 4.42 Å². The lowest BCUT2D eigenvalue weighted by Gasteiger charge is -2.27. The van der Waals surface area contributed by atoms with Gasteiger partial charge in [0.25, 0.3) is 0 Å². The van der Waals surface area contributed by atoms with Crippen molar-refractivity contribution >= 4 is 60.8 Å². The highest BCUT2D eigenvalue weighted by atomic mass is 16.3. The van der Waals surface area contributed by atoms with E-state index in [0.717, 1.165) is 106 Å². The monoisotopic (exact) mass is 905 g/mol. The maximum Gasteiger partial charge on any atom is 0.136 e. The van der Waals surface area contributed by atoms with Crippen molar-refractivity contribution in [3.8, 4) is 67.4 Å². The summed E-state index contributed by atoms with van der Waals surface area (Å²) in [6.07, 6.45) is 0. The molecule has 0 aliphatic carbocycles. The Hall–Kier alpha value is -9.69. The summed E-state index contributed by atoms with van der Waals surface area (Å²) < 4.78 is 8.88. The molecule has 332 valence electrons. The fourth-order valence-corrected chi connectivity index (χ4v) is 10.3. The fraction of sp³-hybridized carbons (Fsp3) is 0. The molecule has 4 heteroatoms. The second-order valence-electron chi connectivity index (χ2n) is 18.1. The minimum absolute atomic E-state index is 0.652. The topological polar surface area (TPSA) is 45.1 Å². The Kier molecular flexibility index (Phi) is 10.2. The van der Waals surface area contributed by atoms with Gasteiger partial charge in [-0.3, -0.25) is 0 Å². The Morgan fingerprint density at radius 2 is 0.803 bits per heavy atom. The number of anilines is 3. The molecule has 0 saturated heterocycles. The van der Waals surface area contributed by atoms with Gasteiger partial charge in [0, 0.05) is 44.3 Å². The summed E-state index contributed by atoms with van der Waals surface area (Å²) in [5.74, 6) is 0. The van der Waals surface area contributed by atoms with Crippen LogP contribution in [0.3, 0.4) is 0 Å². The molecule has 0 unspecified atom stereocenters. The lowest BCUT2D eigenvalue weighted by atomic mass is 9.95. The van der Waals surface area contributed by atoms with Crippen LogP contribution in [0.25, 0.3) is 105 Å². The maximum atomic E-state index is 9.39. The fourth-order valence-electron chi connectivity index (χ4n) is 10.3. The Balaban J connectivity index is 1.01. The van der Waals surface area contributed by atoms with Crippen LogP contribution in [-0.4, -0.2) is 4.57 Å². The number of para-hydroxylation sites is 2. The molecule has 2 aromatic heterocycles. The second kappa shape index (κ2) is 17.4. The van der Waals surface area contributed by atoms with Gasteiger partial charge in [-0.25, -0.2) is 0 Å². The Bertz CT molecular complexity index is 4140. The average molecular weight is 906 g/mol. The van der Waals surface area contributed by atoms with Gasteiger partial charge in [-0.1, -0.05) is 164 Å². The zero-order valence-electron chi connectivity index (χ0n) is 38.6. The van der Waals surface area contributed by atoms with Crippen molar-refractivity contribution in [3.63, 3.8) is 0 Å². The molecule has 0 atom stereocenters. The first kappa shape index (κ1) is 41.5. The first-order valence-corrected chi connectivity index (χ1v) is 23.9. The summed E-state index contributed by atoms with van der Waals surface area (Å²) in [4.78, 5) is 2.39. The van der Waals surface area contributed by atoms with Crippen molar-refractivity contribution in [2.75, 3.05) is 4.90 Å². The third-order valence-electron chi connectivity index (χ3n) is 13.8. The predicted octanol–water partition coefficient (Wildman–Crippen LogP) is 18.4. The van der Waals surface area contributed by atoms with Crippen molar-refractivity contribution in [1.82, 2.24) is 4.57 Å². The van der Waals surface area contributed by atoms with E-state index in [9.17, 15) is 5.26 Å². The largest absolute Gasteiger partial charge is 0.456 e. The molecule has 4 nitrogen and oxygen atoms in total. The van der Waals surface area contributed by atoms with Crippen molar-refractivity contribution in [2.45, 2.75) is 0 Å². The van der Waals surface area contributed by atoms with E-state index in [1.54, 1.807) is 0 Å². The molecule has 0 aliphatic heterocycles. The van der Waals surface area contributed by atoms with E-state index in [2.05, 4.69) is 240 Å². The molecule has 13 rings (SSSR count). The smallest absolute Gasteiger partial charge is 0.136 e. The number of nitrogens with zero attached hydrogens (tertiary/aromatic N) is 3. The van der Waals surface area contributed by atoms with Gasteiger partial charge in [-0.2, -0.15) is 5.26 Å². The maximum absolute atomic E-state index is 9.39. The van der Waals surface area contributed by atoms with Crippen molar-refractivity contribution in [1.29, 1.82) is 5.26 Å². The number of nitriles is 1. The van der Waals surface area contributed by atoms with Crippen LogP contribution in [0.4, 0.5) is 17.1 Å². The number of aromatic nitrogens is 1. The molecule has 0 fully saturated rings. The molecule has 2 heterocycles. The highest BCUT2D eigenvalue weighted by Crippen LogP contribution is 2.44. The SMILES string of the molecule is N#Cc1ccc(-c2ccc(-n3c4ccccc4c4ccc(-c5cc(-c6ccc7c(c6)oc6ccccc67)cc(N(c6ccc(-c7ccccc7)cc6)c6cccc(-c7ccccc7)c6)c5)cc43)cc2)cc1. The van der Waals surface area contributed by atoms with Gasteiger partial charge in [0.2, 0.25) is 0 Å². The molecule has 0 radical (unpaired) electrons. The van der Waals surface area contributed by atoms with Gasteiger partial charge in [-0.05, 0) is 153 Å². The normalized spacial score (nSPS) is 11.4. The van der Waals surface area contributed by atoms with Crippen LogP contribution in [-0.2, 0) is 0 Å². The second-order valence-corrected chi connectivity index (χ2v) is 18.1. The lowest BCUT2D eigenvalue weighted by molar-refractivity contribution is 0.669. The molecule has 0 saturated carbocycles. The minimum atomic E-state index is 0.652. The molecule has 0 spiro atoms. The van der Waals surface area contributed by atoms with Crippen LogP contribution >= 0.6 is 0 Å². The zero-order valence-corrected chi connectivity index (χ0v) is 38.6. The van der Waals surface area contributed by atoms with Crippen LogP contribution in [0, 0.1) is 11.3 Å². The quantitative estimate of drug-likeness (QED) is 0.145. The predicted molar refractivity (Wildman–Crippen MR) is 295 cm³/mol. The molecule has 11 aromatic carbocycles. The molecule has 0 N–H and O–H groups in total. The number of rotatable bonds is 9. The summed E-state index contributed by atoms with van der Waals surface area (Å²) >= 11 is 0. The number of hydrogen-bond donors (Lipinski definition) is 0. The third kappa shape index (κ3) is 7.60. The minimum Gasteiger partial charge on any atom is -0.456 e. The third-order valence-corrected chi connectivity index (χ3v) is 13.8.